The van der Waals surface area contributed by atoms with Crippen LogP contribution in [0.15, 0.2) is 58.7 Å². The van der Waals surface area contributed by atoms with Gasteiger partial charge >= 0.3 is 369 Å². The summed E-state index contributed by atoms with van der Waals surface area (Å²) in [6.07, 6.45) is 0. The van der Waals surface area contributed by atoms with E-state index in [2.05, 4.69) is 223 Å². The minimum absolute atomic E-state index is 0. The molecule has 0 N–H and O–H groups in total. The van der Waals surface area contributed by atoms with Crippen LogP contribution in [0.2, 0.25) is 121 Å². The molecule has 0 fully saturated rings. The third-order valence-electron chi connectivity index (χ3n) is 13.5. The van der Waals surface area contributed by atoms with Gasteiger partial charge in [0.05, 0.1) is 0 Å². The fourth-order valence-corrected chi connectivity index (χ4v) is 32.8. The van der Waals surface area contributed by atoms with Gasteiger partial charge in [-0.15, -0.1) is 0 Å². The van der Waals surface area contributed by atoms with Crippen LogP contribution in [0.1, 0.15) is 44.4 Å². The van der Waals surface area contributed by atoms with Crippen molar-refractivity contribution in [3.8, 4) is 0 Å². The van der Waals surface area contributed by atoms with Crippen LogP contribution >= 0.6 is 0 Å². The van der Waals surface area contributed by atoms with E-state index in [1.807, 2.05) is 0 Å². The zero-order valence-corrected chi connectivity index (χ0v) is 52.9. The Kier molecular flexibility index (Phi) is 17.7. The molecule has 3 aromatic carbocycles. The van der Waals surface area contributed by atoms with Gasteiger partial charge in [-0.25, -0.2) is 0 Å². The van der Waals surface area contributed by atoms with E-state index in [0.717, 1.165) is 0 Å². The number of hydrogen-bond acceptors (Lipinski definition) is 0. The van der Waals surface area contributed by atoms with E-state index in [4.69, 9.17) is 0 Å². The Labute approximate surface area is 402 Å². The number of hydrogen-bond donors (Lipinski definition) is 0. The summed E-state index contributed by atoms with van der Waals surface area (Å²) >= 11 is 2.78. The maximum absolute atomic E-state index is 3.13. The average molecular weight is 1010 g/mol. The van der Waals surface area contributed by atoms with Crippen LogP contribution in [0.3, 0.4) is 0 Å². The van der Waals surface area contributed by atoms with Crippen LogP contribution < -0.4 is 83.9 Å². The van der Waals surface area contributed by atoms with Crippen LogP contribution in [0.25, 0.3) is 0 Å². The molecule has 1 aliphatic rings. The van der Waals surface area contributed by atoms with Crippen LogP contribution in [-0.2, 0) is 20.4 Å². The molecule has 0 heterocycles. The summed E-state index contributed by atoms with van der Waals surface area (Å²) in [5, 5.41) is 15.5. The fourth-order valence-electron chi connectivity index (χ4n) is 9.83. The smallest absolute Gasteiger partial charge is 1.00 e. The van der Waals surface area contributed by atoms with Gasteiger partial charge in [-0.2, -0.15) is 0 Å². The first-order chi connectivity index (χ1) is 24.9. The molecular weight excluding hydrogens is 927 g/mol. The molecule has 4 rings (SSSR count). The summed E-state index contributed by atoms with van der Waals surface area (Å²) in [5.74, 6) is 0. The Morgan fingerprint density at radius 1 is 0.339 bits per heavy atom. The standard InChI is InChI=1S/C48H81Si7.3ClH.Ti/c1-32-26-39(49(8,9)10)29-42(52(17,18)19)45(32)55(48-37(6)35(4)36(5)38(48)7,46-33(2)27-40(50(11,12)13)30-43(46)53(20,21)22)47-34(3)28-41(51(14,15)16)31-44(47)54(23,24)25;;;;/h26-31H,1-25H3;3*1H;/q;;;;+3/p-3. The van der Waals surface area contributed by atoms with E-state index < -0.39 is 56.5 Å². The molecule has 0 aliphatic heterocycles. The van der Waals surface area contributed by atoms with E-state index >= 15 is 0 Å². The third kappa shape index (κ3) is 10.1. The van der Waals surface area contributed by atoms with Gasteiger partial charge < -0.3 is 37.2 Å². The molecule has 326 valence electrons. The third-order valence-corrected chi connectivity index (χ3v) is 35.4. The maximum atomic E-state index is 2.82. The monoisotopic (exact) mass is 1010 g/mol. The van der Waals surface area contributed by atoms with Crippen molar-refractivity contribution < 1.29 is 57.7 Å². The first-order valence-corrected chi connectivity index (χ1v) is 45.2. The number of halogens is 3. The normalized spacial score (nSPS) is 15.6. The van der Waals surface area contributed by atoms with Gasteiger partial charge in [-0.1, -0.05) is 0 Å². The van der Waals surface area contributed by atoms with Gasteiger partial charge in [0, 0.05) is 0 Å². The van der Waals surface area contributed by atoms with Gasteiger partial charge in [0.25, 0.3) is 0 Å². The van der Waals surface area contributed by atoms with Crippen molar-refractivity contribution in [2.75, 3.05) is 0 Å². The molecule has 1 aliphatic carbocycles. The molecule has 3 aromatic rings. The molecule has 0 aromatic heterocycles. The summed E-state index contributed by atoms with van der Waals surface area (Å²) in [7, 11) is -13.8. The minimum Gasteiger partial charge on any atom is -1.00 e. The first-order valence-electron chi connectivity index (χ1n) is 21.5. The van der Waals surface area contributed by atoms with Crippen LogP contribution in [0.4, 0.5) is 0 Å². The van der Waals surface area contributed by atoms with Crippen LogP contribution in [-0.4, -0.2) is 56.5 Å². The summed E-state index contributed by atoms with van der Waals surface area (Å²) in [6.45, 7) is 64.8. The second kappa shape index (κ2) is 18.3. The van der Waals surface area contributed by atoms with Gasteiger partial charge in [0.1, 0.15) is 0 Å². The second-order valence-corrected chi connectivity index (χ2v) is 60.2. The molecular formula is C48H81Cl3Si7Ti. The second-order valence-electron chi connectivity index (χ2n) is 24.1. The summed E-state index contributed by atoms with van der Waals surface area (Å²) in [4.78, 5) is 0. The number of allylic oxidation sites excluding steroid dienone is 4. The fraction of sp³-hybridized carbons (Fsp3) is 0.542. The molecule has 0 bridgehead atoms. The quantitative estimate of drug-likeness (QED) is 0.203. The topological polar surface area (TPSA) is 0 Å². The Morgan fingerprint density at radius 3 is 0.712 bits per heavy atom. The van der Waals surface area contributed by atoms with Gasteiger partial charge in [-0.05, 0) is 0 Å². The van der Waals surface area contributed by atoms with Crippen LogP contribution in [0, 0.1) is 20.8 Å². The molecule has 0 spiro atoms. The zero-order chi connectivity index (χ0) is 43.5. The predicted octanol–water partition coefficient (Wildman–Crippen LogP) is 0.296. The van der Waals surface area contributed by atoms with Crippen molar-refractivity contribution in [3.05, 3.63) is 75.4 Å². The maximum Gasteiger partial charge on any atom is -1.00 e. The molecule has 0 radical (unpaired) electrons. The van der Waals surface area contributed by atoms with E-state index in [0.29, 0.717) is 0 Å². The Morgan fingerprint density at radius 2 is 0.542 bits per heavy atom. The van der Waals surface area contributed by atoms with Gasteiger partial charge in [0.2, 0.25) is 0 Å². The first kappa shape index (κ1) is 57.3. The van der Waals surface area contributed by atoms with Crippen molar-refractivity contribution >= 4 is 103 Å². The largest absolute Gasteiger partial charge is 1.00 e. The molecule has 0 unspecified atom stereocenters. The molecule has 0 nitrogen and oxygen atoms in total. The number of rotatable bonds is 10. The van der Waals surface area contributed by atoms with Gasteiger partial charge in [0.15, 0.2) is 0 Å². The minimum atomic E-state index is -3.13. The Balaban J connectivity index is 0.00000580. The van der Waals surface area contributed by atoms with Gasteiger partial charge in [-0.3, -0.25) is 0 Å². The SMILES string of the molecule is CC1=C(C)[C]([Ti+3])([Si](c2c(C)cc([Si](C)(C)C)cc2[Si](C)(C)C)(c2c(C)cc([Si](C)(C)C)cc2[Si](C)(C)C)c2c(C)cc([Si](C)(C)C)cc2[Si](C)(C)C)C(C)=C1C.[Cl-].[Cl-].[Cl-]. The van der Waals surface area contributed by atoms with Crippen molar-refractivity contribution in [1.29, 1.82) is 0 Å². The summed E-state index contributed by atoms with van der Waals surface area (Å²) in [5.41, 5.74) is 11.0. The Hall–Kier alpha value is 0.242. The predicted molar refractivity (Wildman–Crippen MR) is 276 cm³/mol. The molecule has 0 saturated carbocycles. The van der Waals surface area contributed by atoms with E-state index in [1.54, 1.807) is 74.5 Å². The average Bonchev–Trinajstić information content (AvgIpc) is 3.15. The molecule has 0 amide bonds. The van der Waals surface area contributed by atoms with Crippen molar-refractivity contribution in [3.63, 3.8) is 0 Å². The Bertz CT molecular complexity index is 1920. The number of benzene rings is 3. The zero-order valence-electron chi connectivity index (χ0n) is 42.1. The van der Waals surface area contributed by atoms with Crippen molar-refractivity contribution in [2.45, 2.75) is 170 Å². The molecule has 0 saturated heterocycles. The van der Waals surface area contributed by atoms with Crippen molar-refractivity contribution in [1.82, 2.24) is 0 Å². The van der Waals surface area contributed by atoms with E-state index in [-0.39, 0.29) is 40.6 Å². The summed E-state index contributed by atoms with van der Waals surface area (Å²) < 4.78 is -0.152. The number of aryl methyl sites for hydroxylation is 3. The summed E-state index contributed by atoms with van der Waals surface area (Å²) in [6, 6.07) is 16.6. The molecule has 59 heavy (non-hydrogen) atoms. The van der Waals surface area contributed by atoms with E-state index in [1.165, 1.54) is 11.1 Å². The van der Waals surface area contributed by atoms with Crippen LogP contribution in [0.5, 0.6) is 0 Å². The van der Waals surface area contributed by atoms with E-state index in [9.17, 15) is 0 Å². The molecule has 0 atom stereocenters. The molecule has 11 heteroatoms. The van der Waals surface area contributed by atoms with Crippen molar-refractivity contribution in [2.24, 2.45) is 0 Å².